The first-order chi connectivity index (χ1) is 10.7. The second kappa shape index (κ2) is 6.90. The molecule has 2 fully saturated rings. The standard InChI is InChI=1S/C17H23N3O2/c21-16(19-14-6-2-3-7-14)15-12-13(8-9-18-15)17(22)20-10-4-1-5-11-20/h8-9,12,14H,1-7,10-11H2,(H,19,21). The van der Waals surface area contributed by atoms with Gasteiger partial charge in [-0.05, 0) is 44.2 Å². The largest absolute Gasteiger partial charge is 0.348 e. The molecule has 1 saturated carbocycles. The number of rotatable bonds is 3. The molecule has 118 valence electrons. The average Bonchev–Trinajstić information content (AvgIpc) is 3.08. The molecule has 0 atom stereocenters. The predicted molar refractivity (Wildman–Crippen MR) is 83.7 cm³/mol. The van der Waals surface area contributed by atoms with Gasteiger partial charge >= 0.3 is 0 Å². The van der Waals surface area contributed by atoms with Crippen molar-refractivity contribution in [3.05, 3.63) is 29.6 Å². The molecule has 2 heterocycles. The summed E-state index contributed by atoms with van der Waals surface area (Å²) in [5.41, 5.74) is 0.906. The van der Waals surface area contributed by atoms with Gasteiger partial charge in [0.15, 0.2) is 0 Å². The van der Waals surface area contributed by atoms with E-state index in [-0.39, 0.29) is 17.9 Å². The monoisotopic (exact) mass is 301 g/mol. The van der Waals surface area contributed by atoms with Crippen LogP contribution in [0.2, 0.25) is 0 Å². The van der Waals surface area contributed by atoms with E-state index in [1.54, 1.807) is 18.3 Å². The van der Waals surface area contributed by atoms with Crippen LogP contribution in [0.4, 0.5) is 0 Å². The molecule has 1 saturated heterocycles. The number of hydrogen-bond acceptors (Lipinski definition) is 3. The van der Waals surface area contributed by atoms with Crippen LogP contribution in [0.5, 0.6) is 0 Å². The molecule has 1 aliphatic heterocycles. The fourth-order valence-electron chi connectivity index (χ4n) is 3.30. The van der Waals surface area contributed by atoms with Gasteiger partial charge in [0, 0.05) is 30.9 Å². The number of pyridine rings is 1. The summed E-state index contributed by atoms with van der Waals surface area (Å²) in [5.74, 6) is -0.155. The van der Waals surface area contributed by atoms with E-state index >= 15 is 0 Å². The van der Waals surface area contributed by atoms with E-state index in [9.17, 15) is 9.59 Å². The molecule has 1 N–H and O–H groups in total. The zero-order chi connectivity index (χ0) is 15.4. The van der Waals surface area contributed by atoms with E-state index in [4.69, 9.17) is 0 Å². The summed E-state index contributed by atoms with van der Waals surface area (Å²) in [6, 6.07) is 3.58. The van der Waals surface area contributed by atoms with Gasteiger partial charge in [0.25, 0.3) is 11.8 Å². The molecule has 5 nitrogen and oxygen atoms in total. The minimum absolute atomic E-state index is 0.0111. The first-order valence-electron chi connectivity index (χ1n) is 8.30. The van der Waals surface area contributed by atoms with Crippen LogP contribution in [0.1, 0.15) is 65.8 Å². The summed E-state index contributed by atoms with van der Waals surface area (Å²) in [6.45, 7) is 1.62. The minimum Gasteiger partial charge on any atom is -0.348 e. The van der Waals surface area contributed by atoms with Crippen LogP contribution in [0, 0.1) is 0 Å². The molecule has 0 unspecified atom stereocenters. The molecule has 5 heteroatoms. The highest BCUT2D eigenvalue weighted by atomic mass is 16.2. The molecule has 1 aliphatic carbocycles. The Morgan fingerprint density at radius 1 is 1.09 bits per heavy atom. The number of likely N-dealkylation sites (tertiary alicyclic amines) is 1. The first kappa shape index (κ1) is 15.0. The van der Waals surface area contributed by atoms with Gasteiger partial charge < -0.3 is 10.2 Å². The molecule has 1 aromatic rings. The normalized spacial score (nSPS) is 19.2. The van der Waals surface area contributed by atoms with Crippen LogP contribution < -0.4 is 5.32 Å². The molecule has 1 aromatic heterocycles. The van der Waals surface area contributed by atoms with Gasteiger partial charge in [0.1, 0.15) is 5.69 Å². The zero-order valence-corrected chi connectivity index (χ0v) is 12.9. The third-order valence-corrected chi connectivity index (χ3v) is 4.57. The Hall–Kier alpha value is -1.91. The first-order valence-corrected chi connectivity index (χ1v) is 8.30. The van der Waals surface area contributed by atoms with Gasteiger partial charge in [0.05, 0.1) is 0 Å². The smallest absolute Gasteiger partial charge is 0.270 e. The topological polar surface area (TPSA) is 62.3 Å². The Bertz CT molecular complexity index is 547. The number of aromatic nitrogens is 1. The van der Waals surface area contributed by atoms with E-state index in [0.29, 0.717) is 11.3 Å². The number of nitrogens with zero attached hydrogens (tertiary/aromatic N) is 2. The summed E-state index contributed by atoms with van der Waals surface area (Å²) >= 11 is 0. The number of amides is 2. The lowest BCUT2D eigenvalue weighted by molar-refractivity contribution is 0.0724. The Morgan fingerprint density at radius 3 is 2.55 bits per heavy atom. The SMILES string of the molecule is O=C(NC1CCCC1)c1cc(C(=O)N2CCCCC2)ccn1. The summed E-state index contributed by atoms with van der Waals surface area (Å²) in [4.78, 5) is 30.7. The minimum atomic E-state index is -0.166. The molecule has 0 radical (unpaired) electrons. The highest BCUT2D eigenvalue weighted by Crippen LogP contribution is 2.18. The fraction of sp³-hybridized carbons (Fsp3) is 0.588. The number of nitrogens with one attached hydrogen (secondary N) is 1. The maximum absolute atomic E-state index is 12.5. The predicted octanol–water partition coefficient (Wildman–Crippen LogP) is 2.38. The van der Waals surface area contributed by atoms with Crippen LogP contribution in [-0.2, 0) is 0 Å². The second-order valence-electron chi connectivity index (χ2n) is 6.24. The van der Waals surface area contributed by atoms with Crippen LogP contribution >= 0.6 is 0 Å². The van der Waals surface area contributed by atoms with E-state index in [0.717, 1.165) is 38.8 Å². The Labute approximate surface area is 131 Å². The second-order valence-corrected chi connectivity index (χ2v) is 6.24. The van der Waals surface area contributed by atoms with E-state index in [1.165, 1.54) is 19.3 Å². The van der Waals surface area contributed by atoms with Crippen LogP contribution in [-0.4, -0.2) is 40.8 Å². The molecule has 0 bridgehead atoms. The molecule has 2 aliphatic rings. The van der Waals surface area contributed by atoms with Gasteiger partial charge in [-0.3, -0.25) is 14.6 Å². The van der Waals surface area contributed by atoms with Crippen molar-refractivity contribution >= 4 is 11.8 Å². The lowest BCUT2D eigenvalue weighted by Crippen LogP contribution is -2.36. The van der Waals surface area contributed by atoms with Gasteiger partial charge in [0.2, 0.25) is 0 Å². The van der Waals surface area contributed by atoms with Crippen molar-refractivity contribution in [2.45, 2.75) is 51.0 Å². The third kappa shape index (κ3) is 3.46. The lowest BCUT2D eigenvalue weighted by Gasteiger charge is -2.26. The lowest BCUT2D eigenvalue weighted by atomic mass is 10.1. The summed E-state index contributed by atoms with van der Waals surface area (Å²) < 4.78 is 0. The van der Waals surface area contributed by atoms with Gasteiger partial charge in [-0.25, -0.2) is 0 Å². The highest BCUT2D eigenvalue weighted by molar-refractivity contribution is 5.98. The Balaban J connectivity index is 1.68. The third-order valence-electron chi connectivity index (χ3n) is 4.57. The van der Waals surface area contributed by atoms with Crippen LogP contribution in [0.25, 0.3) is 0 Å². The van der Waals surface area contributed by atoms with Crippen molar-refractivity contribution in [2.24, 2.45) is 0 Å². The van der Waals surface area contributed by atoms with Crippen molar-refractivity contribution in [1.82, 2.24) is 15.2 Å². The van der Waals surface area contributed by atoms with Crippen molar-refractivity contribution in [3.8, 4) is 0 Å². The van der Waals surface area contributed by atoms with Crippen molar-refractivity contribution < 1.29 is 9.59 Å². The summed E-state index contributed by atoms with van der Waals surface area (Å²) in [7, 11) is 0. The molecular formula is C17H23N3O2. The molecular weight excluding hydrogens is 278 g/mol. The van der Waals surface area contributed by atoms with Crippen molar-refractivity contribution in [2.75, 3.05) is 13.1 Å². The Morgan fingerprint density at radius 2 is 1.82 bits per heavy atom. The van der Waals surface area contributed by atoms with Gasteiger partial charge in [-0.2, -0.15) is 0 Å². The molecule has 3 rings (SSSR count). The van der Waals surface area contributed by atoms with Gasteiger partial charge in [-0.15, -0.1) is 0 Å². The van der Waals surface area contributed by atoms with Crippen LogP contribution in [0.3, 0.4) is 0 Å². The molecule has 0 spiro atoms. The molecule has 2 amide bonds. The number of carbonyl (C=O) groups is 2. The zero-order valence-electron chi connectivity index (χ0n) is 12.9. The Kier molecular flexibility index (Phi) is 4.71. The number of piperidine rings is 1. The maximum atomic E-state index is 12.5. The molecule has 22 heavy (non-hydrogen) atoms. The fourth-order valence-corrected chi connectivity index (χ4v) is 3.30. The quantitative estimate of drug-likeness (QED) is 0.932. The van der Waals surface area contributed by atoms with Crippen LogP contribution in [0.15, 0.2) is 18.3 Å². The molecule has 0 aromatic carbocycles. The number of hydrogen-bond donors (Lipinski definition) is 1. The summed E-state index contributed by atoms with van der Waals surface area (Å²) in [5, 5.41) is 3.01. The maximum Gasteiger partial charge on any atom is 0.270 e. The van der Waals surface area contributed by atoms with Crippen molar-refractivity contribution in [3.63, 3.8) is 0 Å². The van der Waals surface area contributed by atoms with E-state index in [2.05, 4.69) is 10.3 Å². The van der Waals surface area contributed by atoms with Crippen molar-refractivity contribution in [1.29, 1.82) is 0 Å². The van der Waals surface area contributed by atoms with E-state index < -0.39 is 0 Å². The van der Waals surface area contributed by atoms with Gasteiger partial charge in [-0.1, -0.05) is 12.8 Å². The highest BCUT2D eigenvalue weighted by Gasteiger charge is 2.21. The van der Waals surface area contributed by atoms with E-state index in [1.807, 2.05) is 4.90 Å². The average molecular weight is 301 g/mol. The number of carbonyl (C=O) groups excluding carboxylic acids is 2. The summed E-state index contributed by atoms with van der Waals surface area (Å²) in [6.07, 6.45) is 9.29.